The van der Waals surface area contributed by atoms with Crippen molar-refractivity contribution in [1.82, 2.24) is 14.5 Å². The van der Waals surface area contributed by atoms with Gasteiger partial charge in [0.15, 0.2) is 0 Å². The van der Waals surface area contributed by atoms with Crippen LogP contribution in [0.2, 0.25) is 0 Å². The maximum Gasteiger partial charge on any atom is 0.330 e. The monoisotopic (exact) mass is 670 g/mol. The van der Waals surface area contributed by atoms with Gasteiger partial charge >= 0.3 is 5.97 Å². The van der Waals surface area contributed by atoms with Crippen LogP contribution < -0.4 is 5.32 Å². The molecule has 0 spiro atoms. The number of ether oxygens (including phenoxy) is 1. The standard InChI is InChI=1S/C34H42N4O6S.ClH/c1-27-24-31(35-21-9-14-34(39)44-26-28-15-17-32(18-16-28)38(40)41)20-23-37(27)22-19-30(29-10-5-3-6-11-29)25-36(2)45(42,43)33-12-7-4-8-13-33;/h3-18,27,30-31,35H,19-26H2,1-2H3;1H/t27?,30-,31?;/m1./s1. The number of nitrogens with one attached hydrogen (secondary N) is 1. The number of carbonyl (C=O) groups is 1. The van der Waals surface area contributed by atoms with Crippen LogP contribution in [-0.2, 0) is 26.2 Å². The molecule has 12 heteroatoms. The summed E-state index contributed by atoms with van der Waals surface area (Å²) < 4.78 is 33.1. The molecule has 0 radical (unpaired) electrons. The average Bonchev–Trinajstić information content (AvgIpc) is 3.05. The Bertz CT molecular complexity index is 1520. The lowest BCUT2D eigenvalue weighted by atomic mass is 9.93. The summed E-state index contributed by atoms with van der Waals surface area (Å²) in [6.45, 7) is 5.02. The average molecular weight is 671 g/mol. The van der Waals surface area contributed by atoms with Crippen LogP contribution in [0, 0.1) is 10.1 Å². The number of esters is 1. The van der Waals surface area contributed by atoms with Crippen LogP contribution in [0.15, 0.2) is 102 Å². The first-order chi connectivity index (χ1) is 21.6. The highest BCUT2D eigenvalue weighted by molar-refractivity contribution is 7.89. The third kappa shape index (κ3) is 10.7. The topological polar surface area (TPSA) is 122 Å². The number of non-ortho nitro benzene ring substituents is 1. The number of likely N-dealkylation sites (tertiary alicyclic amines) is 1. The molecule has 0 bridgehead atoms. The van der Waals surface area contributed by atoms with Gasteiger partial charge in [-0.1, -0.05) is 54.6 Å². The summed E-state index contributed by atoms with van der Waals surface area (Å²) in [5.41, 5.74) is 1.81. The summed E-state index contributed by atoms with van der Waals surface area (Å²) in [6, 6.07) is 25.3. The largest absolute Gasteiger partial charge is 0.458 e. The van der Waals surface area contributed by atoms with E-state index in [1.807, 2.05) is 24.3 Å². The Labute approximate surface area is 278 Å². The zero-order valence-corrected chi connectivity index (χ0v) is 27.9. The van der Waals surface area contributed by atoms with E-state index in [0.29, 0.717) is 35.6 Å². The van der Waals surface area contributed by atoms with Gasteiger partial charge in [0.25, 0.3) is 5.69 Å². The minimum absolute atomic E-state index is 0. The SMILES string of the molecule is CC1CC(NCC=CC(=O)OCc2ccc([N+](=O)[O-])cc2)CCN1CC[C@H](CN(C)S(=O)(=O)c1ccccc1)c1ccccc1.Cl. The van der Waals surface area contributed by atoms with Crippen molar-refractivity contribution in [3.63, 3.8) is 0 Å². The number of likely N-dealkylation sites (N-methyl/N-ethyl adjacent to an activating group) is 1. The molecule has 1 fully saturated rings. The van der Waals surface area contributed by atoms with Crippen LogP contribution in [0.3, 0.4) is 0 Å². The van der Waals surface area contributed by atoms with Gasteiger partial charge in [-0.05, 0) is 80.6 Å². The van der Waals surface area contributed by atoms with Crippen molar-refractivity contribution in [2.45, 2.75) is 55.7 Å². The molecule has 3 atom stereocenters. The number of nitro benzene ring substituents is 1. The molecule has 1 saturated heterocycles. The second kappa shape index (κ2) is 17.9. The number of carbonyl (C=O) groups excluding carboxylic acids is 1. The van der Waals surface area contributed by atoms with Gasteiger partial charge in [0.1, 0.15) is 6.61 Å². The molecule has 248 valence electrons. The van der Waals surface area contributed by atoms with Crippen LogP contribution in [-0.4, -0.2) is 73.8 Å². The summed E-state index contributed by atoms with van der Waals surface area (Å²) in [7, 11) is -1.93. The molecule has 0 aliphatic carbocycles. The lowest BCUT2D eigenvalue weighted by Crippen LogP contribution is -2.48. The van der Waals surface area contributed by atoms with Crippen molar-refractivity contribution in [3.05, 3.63) is 118 Å². The Morgan fingerprint density at radius 2 is 1.74 bits per heavy atom. The Hall–Kier alpha value is -3.61. The smallest absolute Gasteiger partial charge is 0.330 e. The Morgan fingerprint density at radius 3 is 2.37 bits per heavy atom. The molecule has 0 amide bonds. The first kappa shape index (κ1) is 36.9. The number of piperidine rings is 1. The highest BCUT2D eigenvalue weighted by Gasteiger charge is 2.28. The van der Waals surface area contributed by atoms with Crippen molar-refractivity contribution in [2.24, 2.45) is 0 Å². The predicted octanol–water partition coefficient (Wildman–Crippen LogP) is 5.55. The summed E-state index contributed by atoms with van der Waals surface area (Å²) in [4.78, 5) is 25.1. The molecule has 3 aromatic carbocycles. The van der Waals surface area contributed by atoms with Crippen molar-refractivity contribution in [1.29, 1.82) is 0 Å². The quantitative estimate of drug-likeness (QED) is 0.0967. The van der Waals surface area contributed by atoms with Crippen LogP contribution >= 0.6 is 12.4 Å². The van der Waals surface area contributed by atoms with Crippen molar-refractivity contribution in [2.75, 3.05) is 33.2 Å². The Kier molecular flexibility index (Phi) is 14.4. The van der Waals surface area contributed by atoms with Gasteiger partial charge in [0.2, 0.25) is 10.0 Å². The van der Waals surface area contributed by atoms with E-state index in [0.717, 1.165) is 37.9 Å². The van der Waals surface area contributed by atoms with E-state index in [2.05, 4.69) is 29.3 Å². The number of sulfonamides is 1. The number of rotatable bonds is 15. The lowest BCUT2D eigenvalue weighted by molar-refractivity contribution is -0.384. The molecule has 1 N–H and O–H groups in total. The third-order valence-electron chi connectivity index (χ3n) is 8.28. The number of benzene rings is 3. The molecule has 1 aliphatic heterocycles. The summed E-state index contributed by atoms with van der Waals surface area (Å²) >= 11 is 0. The second-order valence-corrected chi connectivity index (χ2v) is 13.5. The van der Waals surface area contributed by atoms with Crippen molar-refractivity contribution >= 4 is 34.1 Å². The molecule has 0 aromatic heterocycles. The molecular weight excluding hydrogens is 628 g/mol. The molecule has 0 saturated carbocycles. The number of nitro groups is 1. The predicted molar refractivity (Wildman–Crippen MR) is 181 cm³/mol. The minimum atomic E-state index is -3.58. The lowest BCUT2D eigenvalue weighted by Gasteiger charge is -2.39. The highest BCUT2D eigenvalue weighted by atomic mass is 35.5. The molecule has 46 heavy (non-hydrogen) atoms. The molecule has 10 nitrogen and oxygen atoms in total. The van der Waals surface area contributed by atoms with Gasteiger partial charge in [-0.2, -0.15) is 0 Å². The fraction of sp³-hybridized carbons (Fsp3) is 0.382. The van der Waals surface area contributed by atoms with Crippen molar-refractivity contribution < 1.29 is 22.9 Å². The fourth-order valence-corrected chi connectivity index (χ4v) is 6.87. The number of halogens is 1. The van der Waals surface area contributed by atoms with E-state index < -0.39 is 20.9 Å². The van der Waals surface area contributed by atoms with Gasteiger partial charge in [0.05, 0.1) is 9.82 Å². The van der Waals surface area contributed by atoms with Gasteiger partial charge in [0, 0.05) is 50.4 Å². The number of hydrogen-bond donors (Lipinski definition) is 1. The summed E-state index contributed by atoms with van der Waals surface area (Å²) in [6.07, 6.45) is 5.93. The van der Waals surface area contributed by atoms with Gasteiger partial charge in [-0.15, -0.1) is 12.4 Å². The maximum atomic E-state index is 13.2. The third-order valence-corrected chi connectivity index (χ3v) is 10.1. The van der Waals surface area contributed by atoms with E-state index >= 15 is 0 Å². The summed E-state index contributed by atoms with van der Waals surface area (Å²) in [5, 5.41) is 14.3. The molecule has 4 rings (SSSR count). The highest BCUT2D eigenvalue weighted by Crippen LogP contribution is 2.26. The summed E-state index contributed by atoms with van der Waals surface area (Å²) in [5.74, 6) is -0.406. The van der Waals surface area contributed by atoms with E-state index in [1.54, 1.807) is 49.5 Å². The number of hydrogen-bond acceptors (Lipinski definition) is 8. The molecular formula is C34H43ClN4O6S. The minimum Gasteiger partial charge on any atom is -0.458 e. The molecule has 2 unspecified atom stereocenters. The van der Waals surface area contributed by atoms with Crippen LogP contribution in [0.1, 0.15) is 43.2 Å². The van der Waals surface area contributed by atoms with Gasteiger partial charge in [-0.25, -0.2) is 17.5 Å². The van der Waals surface area contributed by atoms with Crippen molar-refractivity contribution in [3.8, 4) is 0 Å². The fourth-order valence-electron chi connectivity index (χ4n) is 5.64. The second-order valence-electron chi connectivity index (χ2n) is 11.4. The van der Waals surface area contributed by atoms with E-state index in [-0.39, 0.29) is 30.6 Å². The molecule has 1 heterocycles. The van der Waals surface area contributed by atoms with Gasteiger partial charge < -0.3 is 15.0 Å². The van der Waals surface area contributed by atoms with Crippen LogP contribution in [0.25, 0.3) is 0 Å². The zero-order valence-electron chi connectivity index (χ0n) is 26.2. The molecule has 1 aliphatic rings. The van der Waals surface area contributed by atoms with Gasteiger partial charge in [-0.3, -0.25) is 10.1 Å². The number of nitrogens with zero attached hydrogens (tertiary/aromatic N) is 3. The molecule has 3 aromatic rings. The normalized spacial score (nSPS) is 17.8. The van der Waals surface area contributed by atoms with Crippen LogP contribution in [0.5, 0.6) is 0 Å². The van der Waals surface area contributed by atoms with Crippen LogP contribution in [0.4, 0.5) is 5.69 Å². The zero-order chi connectivity index (χ0) is 32.2. The van der Waals surface area contributed by atoms with E-state index in [4.69, 9.17) is 4.74 Å². The van der Waals surface area contributed by atoms with E-state index in [9.17, 15) is 23.3 Å². The Balaban J connectivity index is 0.00000576. The Morgan fingerprint density at radius 1 is 1.09 bits per heavy atom. The first-order valence-electron chi connectivity index (χ1n) is 15.2. The first-order valence-corrected chi connectivity index (χ1v) is 16.7. The maximum absolute atomic E-state index is 13.2. The van der Waals surface area contributed by atoms with E-state index in [1.165, 1.54) is 22.5 Å².